The minimum absolute atomic E-state index is 0.374. The summed E-state index contributed by atoms with van der Waals surface area (Å²) in [5, 5.41) is 3.30. The minimum Gasteiger partial charge on any atom is -0.316 e. The fraction of sp³-hybridized carbons (Fsp3) is 0.500. The molecule has 0 aliphatic carbocycles. The third kappa shape index (κ3) is 3.17. The van der Waals surface area contributed by atoms with Gasteiger partial charge in [0.2, 0.25) is 0 Å². The quantitative estimate of drug-likeness (QED) is 0.837. The number of nitrogens with one attached hydrogen (secondary N) is 1. The van der Waals surface area contributed by atoms with E-state index < -0.39 is 0 Å². The van der Waals surface area contributed by atoms with Crippen LogP contribution in [0.1, 0.15) is 24.0 Å². The molecule has 86 valence electrons. The first-order valence-corrected chi connectivity index (χ1v) is 6.02. The summed E-state index contributed by atoms with van der Waals surface area (Å²) in [4.78, 5) is 11.9. The zero-order chi connectivity index (χ0) is 11.4. The highest BCUT2D eigenvalue weighted by molar-refractivity contribution is 5.81. The van der Waals surface area contributed by atoms with Gasteiger partial charge < -0.3 is 5.32 Å². The van der Waals surface area contributed by atoms with Gasteiger partial charge >= 0.3 is 0 Å². The van der Waals surface area contributed by atoms with Gasteiger partial charge in [-0.25, -0.2) is 0 Å². The van der Waals surface area contributed by atoms with Crippen molar-refractivity contribution in [3.8, 4) is 0 Å². The largest absolute Gasteiger partial charge is 0.316 e. The average molecular weight is 217 g/mol. The predicted molar refractivity (Wildman–Crippen MR) is 65.5 cm³/mol. The van der Waals surface area contributed by atoms with Crippen molar-refractivity contribution in [1.29, 1.82) is 0 Å². The molecule has 1 saturated heterocycles. The Hall–Kier alpha value is -1.15. The smallest absolute Gasteiger partial charge is 0.137 e. The highest BCUT2D eigenvalue weighted by Gasteiger charge is 2.17. The lowest BCUT2D eigenvalue weighted by Gasteiger charge is -2.07. The second kappa shape index (κ2) is 5.26. The summed E-state index contributed by atoms with van der Waals surface area (Å²) in [7, 11) is 0. The van der Waals surface area contributed by atoms with Crippen LogP contribution in [0.15, 0.2) is 24.3 Å². The van der Waals surface area contributed by atoms with E-state index in [0.717, 1.165) is 31.5 Å². The molecule has 0 radical (unpaired) electrons. The van der Waals surface area contributed by atoms with Crippen LogP contribution in [0.4, 0.5) is 0 Å². The van der Waals surface area contributed by atoms with Crippen molar-refractivity contribution in [2.75, 3.05) is 13.1 Å². The van der Waals surface area contributed by atoms with Crippen molar-refractivity contribution in [2.45, 2.75) is 26.2 Å². The Kier molecular flexibility index (Phi) is 3.73. The first kappa shape index (κ1) is 11.3. The Morgan fingerprint density at radius 2 is 2.38 bits per heavy atom. The van der Waals surface area contributed by atoms with E-state index >= 15 is 0 Å². The summed E-state index contributed by atoms with van der Waals surface area (Å²) >= 11 is 0. The van der Waals surface area contributed by atoms with E-state index in [1.54, 1.807) is 0 Å². The molecule has 1 aromatic carbocycles. The number of carbonyl (C=O) groups excluding carboxylic acids is 1. The number of benzene rings is 1. The zero-order valence-electron chi connectivity index (χ0n) is 9.83. The second-order valence-electron chi connectivity index (χ2n) is 4.77. The van der Waals surface area contributed by atoms with Gasteiger partial charge in [-0.05, 0) is 37.9 Å². The molecule has 1 unspecified atom stereocenters. The van der Waals surface area contributed by atoms with E-state index in [2.05, 4.69) is 24.4 Å². The summed E-state index contributed by atoms with van der Waals surface area (Å²) in [6.45, 7) is 4.15. The first-order valence-electron chi connectivity index (χ1n) is 6.02. The lowest BCUT2D eigenvalue weighted by molar-refractivity contribution is -0.119. The molecule has 0 saturated carbocycles. The van der Waals surface area contributed by atoms with Crippen molar-refractivity contribution in [3.05, 3.63) is 35.4 Å². The number of carbonyl (C=O) groups is 1. The number of hydrogen-bond acceptors (Lipinski definition) is 2. The molecule has 16 heavy (non-hydrogen) atoms. The standard InChI is InChI=1S/C14H19NO/c1-11-3-2-4-12(7-11)8-14(16)9-13-5-6-15-10-13/h2-4,7,13,15H,5-6,8-10H2,1H3. The molecule has 1 N–H and O–H groups in total. The van der Waals surface area contributed by atoms with Crippen molar-refractivity contribution < 1.29 is 4.79 Å². The molecule has 0 bridgehead atoms. The van der Waals surface area contributed by atoms with Crippen molar-refractivity contribution >= 4 is 5.78 Å². The van der Waals surface area contributed by atoms with E-state index in [-0.39, 0.29) is 0 Å². The van der Waals surface area contributed by atoms with Gasteiger partial charge in [-0.1, -0.05) is 29.8 Å². The van der Waals surface area contributed by atoms with Crippen LogP contribution >= 0.6 is 0 Å². The van der Waals surface area contributed by atoms with Crippen LogP contribution in [-0.4, -0.2) is 18.9 Å². The maximum absolute atomic E-state index is 11.9. The van der Waals surface area contributed by atoms with Gasteiger partial charge in [0.1, 0.15) is 5.78 Å². The molecule has 1 heterocycles. The summed E-state index contributed by atoms with van der Waals surface area (Å²) in [6, 6.07) is 8.23. The molecule has 1 aliphatic heterocycles. The second-order valence-corrected chi connectivity index (χ2v) is 4.77. The summed E-state index contributed by atoms with van der Waals surface area (Å²) < 4.78 is 0. The molecule has 2 nitrogen and oxygen atoms in total. The van der Waals surface area contributed by atoms with E-state index in [0.29, 0.717) is 18.1 Å². The van der Waals surface area contributed by atoms with Crippen LogP contribution in [0, 0.1) is 12.8 Å². The van der Waals surface area contributed by atoms with E-state index in [9.17, 15) is 4.79 Å². The third-order valence-corrected chi connectivity index (χ3v) is 3.16. The van der Waals surface area contributed by atoms with Crippen LogP contribution in [0.5, 0.6) is 0 Å². The maximum atomic E-state index is 11.9. The monoisotopic (exact) mass is 217 g/mol. The fourth-order valence-corrected chi connectivity index (χ4v) is 2.33. The van der Waals surface area contributed by atoms with Gasteiger partial charge in [0.15, 0.2) is 0 Å². The molecular weight excluding hydrogens is 198 g/mol. The Morgan fingerprint density at radius 3 is 3.06 bits per heavy atom. The molecule has 1 atom stereocenters. The molecule has 1 fully saturated rings. The van der Waals surface area contributed by atoms with Crippen molar-refractivity contribution in [2.24, 2.45) is 5.92 Å². The van der Waals surface area contributed by atoms with Gasteiger partial charge in [-0.2, -0.15) is 0 Å². The summed E-state index contributed by atoms with van der Waals surface area (Å²) in [5.74, 6) is 0.941. The lowest BCUT2D eigenvalue weighted by atomic mass is 9.97. The van der Waals surface area contributed by atoms with Crippen molar-refractivity contribution in [3.63, 3.8) is 0 Å². The number of aryl methyl sites for hydroxylation is 1. The van der Waals surface area contributed by atoms with Crippen molar-refractivity contribution in [1.82, 2.24) is 5.32 Å². The van der Waals surface area contributed by atoms with Crippen LogP contribution in [0.3, 0.4) is 0 Å². The molecule has 0 spiro atoms. The van der Waals surface area contributed by atoms with Crippen LogP contribution in [-0.2, 0) is 11.2 Å². The summed E-state index contributed by atoms with van der Waals surface area (Å²) in [5.41, 5.74) is 2.38. The zero-order valence-corrected chi connectivity index (χ0v) is 9.83. The van der Waals surface area contributed by atoms with Gasteiger partial charge in [-0.15, -0.1) is 0 Å². The number of rotatable bonds is 4. The van der Waals surface area contributed by atoms with Gasteiger partial charge in [0, 0.05) is 12.8 Å². The third-order valence-electron chi connectivity index (χ3n) is 3.16. The van der Waals surface area contributed by atoms with Gasteiger partial charge in [0.05, 0.1) is 0 Å². The minimum atomic E-state index is 0.374. The Balaban J connectivity index is 1.86. The Labute approximate surface area is 97.1 Å². The molecule has 2 rings (SSSR count). The van der Waals surface area contributed by atoms with Gasteiger partial charge in [0.25, 0.3) is 0 Å². The Morgan fingerprint density at radius 1 is 1.50 bits per heavy atom. The normalized spacial score (nSPS) is 19.9. The molecule has 0 aromatic heterocycles. The SMILES string of the molecule is Cc1cccc(CC(=O)CC2CCNC2)c1. The maximum Gasteiger partial charge on any atom is 0.137 e. The van der Waals surface area contributed by atoms with Gasteiger partial charge in [-0.3, -0.25) is 4.79 Å². The highest BCUT2D eigenvalue weighted by Crippen LogP contribution is 2.14. The summed E-state index contributed by atoms with van der Waals surface area (Å²) in [6.07, 6.45) is 2.48. The number of hydrogen-bond donors (Lipinski definition) is 1. The van der Waals surface area contributed by atoms with Crippen LogP contribution in [0.25, 0.3) is 0 Å². The van der Waals surface area contributed by atoms with Crippen LogP contribution in [0.2, 0.25) is 0 Å². The lowest BCUT2D eigenvalue weighted by Crippen LogP contribution is -2.14. The predicted octanol–water partition coefficient (Wildman–Crippen LogP) is 2.11. The van der Waals surface area contributed by atoms with E-state index in [1.807, 2.05) is 12.1 Å². The molecule has 1 aromatic rings. The molecular formula is C14H19NO. The Bertz CT molecular complexity index is 367. The molecule has 2 heteroatoms. The van der Waals surface area contributed by atoms with E-state index in [1.165, 1.54) is 5.56 Å². The van der Waals surface area contributed by atoms with Crippen LogP contribution < -0.4 is 5.32 Å². The topological polar surface area (TPSA) is 29.1 Å². The fourth-order valence-electron chi connectivity index (χ4n) is 2.33. The number of ketones is 1. The first-order chi connectivity index (χ1) is 7.74. The average Bonchev–Trinajstić information content (AvgIpc) is 2.70. The van der Waals surface area contributed by atoms with E-state index in [4.69, 9.17) is 0 Å². The number of Topliss-reactive ketones (excluding diaryl/α,β-unsaturated/α-hetero) is 1. The molecule has 0 amide bonds. The highest BCUT2D eigenvalue weighted by atomic mass is 16.1. The molecule has 1 aliphatic rings.